The molecule has 2 amide bonds. The van der Waals surface area contributed by atoms with Gasteiger partial charge in [0, 0.05) is 50.2 Å². The Labute approximate surface area is 167 Å². The fourth-order valence-corrected chi connectivity index (χ4v) is 3.81. The number of hydrogen-bond acceptors (Lipinski definition) is 6. The molecule has 2 heterocycles. The van der Waals surface area contributed by atoms with Crippen LogP contribution < -0.4 is 14.8 Å². The van der Waals surface area contributed by atoms with Gasteiger partial charge in [-0.3, -0.25) is 4.90 Å². The number of methoxy groups -OCH3 is 2. The third-order valence-electron chi connectivity index (χ3n) is 4.43. The van der Waals surface area contributed by atoms with Crippen molar-refractivity contribution in [3.63, 3.8) is 0 Å². The number of amides is 2. The molecule has 7 nitrogen and oxygen atoms in total. The van der Waals surface area contributed by atoms with E-state index in [1.54, 1.807) is 28.4 Å². The molecule has 1 aromatic heterocycles. The Morgan fingerprint density at radius 1 is 1.22 bits per heavy atom. The van der Waals surface area contributed by atoms with Crippen LogP contribution in [0.2, 0.25) is 5.02 Å². The lowest BCUT2D eigenvalue weighted by Gasteiger charge is -2.34. The van der Waals surface area contributed by atoms with Crippen LogP contribution in [0, 0.1) is 6.92 Å². The summed E-state index contributed by atoms with van der Waals surface area (Å²) in [6.07, 6.45) is 0. The lowest BCUT2D eigenvalue weighted by molar-refractivity contribution is 0.142. The number of carbonyl (C=O) groups is 1. The van der Waals surface area contributed by atoms with E-state index in [2.05, 4.69) is 20.6 Å². The van der Waals surface area contributed by atoms with Crippen LogP contribution in [0.15, 0.2) is 17.5 Å². The average molecular weight is 411 g/mol. The van der Waals surface area contributed by atoms with Crippen molar-refractivity contribution in [3.05, 3.63) is 33.2 Å². The third kappa shape index (κ3) is 4.82. The maximum absolute atomic E-state index is 12.6. The Morgan fingerprint density at radius 3 is 2.52 bits per heavy atom. The third-order valence-corrected chi connectivity index (χ3v) is 5.54. The molecule has 0 radical (unpaired) electrons. The molecule has 0 aliphatic carbocycles. The molecular weight excluding hydrogens is 388 g/mol. The van der Waals surface area contributed by atoms with Crippen LogP contribution in [0.3, 0.4) is 0 Å². The van der Waals surface area contributed by atoms with Crippen LogP contribution >= 0.6 is 22.9 Å². The minimum Gasteiger partial charge on any atom is -0.495 e. The summed E-state index contributed by atoms with van der Waals surface area (Å²) in [6.45, 7) is 5.76. The van der Waals surface area contributed by atoms with Crippen LogP contribution in [0.1, 0.15) is 10.7 Å². The highest BCUT2D eigenvalue weighted by Crippen LogP contribution is 2.36. The zero-order valence-corrected chi connectivity index (χ0v) is 17.2. The van der Waals surface area contributed by atoms with Gasteiger partial charge in [0.2, 0.25) is 0 Å². The predicted molar refractivity (Wildman–Crippen MR) is 107 cm³/mol. The minimum absolute atomic E-state index is 0.165. The highest BCUT2D eigenvalue weighted by Gasteiger charge is 2.23. The SMILES string of the molecule is COc1cc(NC(=O)N2CCN(Cc3csc(C)n3)CC2)c(OC)cc1Cl. The van der Waals surface area contributed by atoms with Gasteiger partial charge in [0.25, 0.3) is 0 Å². The molecule has 27 heavy (non-hydrogen) atoms. The first-order valence-electron chi connectivity index (χ1n) is 8.61. The summed E-state index contributed by atoms with van der Waals surface area (Å²) >= 11 is 7.77. The Morgan fingerprint density at radius 2 is 1.93 bits per heavy atom. The van der Waals surface area contributed by atoms with Gasteiger partial charge in [-0.15, -0.1) is 11.3 Å². The number of carbonyl (C=O) groups excluding carboxylic acids is 1. The van der Waals surface area contributed by atoms with Gasteiger partial charge in [-0.2, -0.15) is 0 Å². The van der Waals surface area contributed by atoms with Gasteiger partial charge >= 0.3 is 6.03 Å². The molecule has 1 saturated heterocycles. The lowest BCUT2D eigenvalue weighted by atomic mass is 10.2. The number of aryl methyl sites for hydroxylation is 1. The molecule has 9 heteroatoms. The van der Waals surface area contributed by atoms with E-state index in [0.29, 0.717) is 35.3 Å². The van der Waals surface area contributed by atoms with Crippen LogP contribution in [0.5, 0.6) is 11.5 Å². The fraction of sp³-hybridized carbons (Fsp3) is 0.444. The first-order valence-corrected chi connectivity index (χ1v) is 9.86. The number of hydrogen-bond donors (Lipinski definition) is 1. The van der Waals surface area contributed by atoms with Crippen molar-refractivity contribution >= 4 is 34.7 Å². The largest absolute Gasteiger partial charge is 0.495 e. The van der Waals surface area contributed by atoms with Crippen molar-refractivity contribution in [2.75, 3.05) is 45.7 Å². The maximum Gasteiger partial charge on any atom is 0.322 e. The van der Waals surface area contributed by atoms with E-state index in [1.165, 1.54) is 14.2 Å². The van der Waals surface area contributed by atoms with Crippen molar-refractivity contribution in [1.82, 2.24) is 14.8 Å². The maximum atomic E-state index is 12.6. The van der Waals surface area contributed by atoms with Crippen LogP contribution in [-0.2, 0) is 6.54 Å². The summed E-state index contributed by atoms with van der Waals surface area (Å²) in [5, 5.41) is 6.49. The summed E-state index contributed by atoms with van der Waals surface area (Å²) in [4.78, 5) is 21.3. The van der Waals surface area contributed by atoms with Crippen LogP contribution in [0.4, 0.5) is 10.5 Å². The zero-order valence-electron chi connectivity index (χ0n) is 15.6. The van der Waals surface area contributed by atoms with Gasteiger partial charge in [-0.05, 0) is 6.92 Å². The number of nitrogens with one attached hydrogen (secondary N) is 1. The molecule has 1 fully saturated rings. The molecule has 146 valence electrons. The highest BCUT2D eigenvalue weighted by atomic mass is 35.5. The summed E-state index contributed by atoms with van der Waals surface area (Å²) < 4.78 is 10.5. The van der Waals surface area contributed by atoms with E-state index < -0.39 is 0 Å². The summed E-state index contributed by atoms with van der Waals surface area (Å²) in [7, 11) is 3.06. The molecule has 1 aromatic carbocycles. The van der Waals surface area contributed by atoms with Gasteiger partial charge in [-0.1, -0.05) is 11.6 Å². The summed E-state index contributed by atoms with van der Waals surface area (Å²) in [5.41, 5.74) is 1.62. The first kappa shape index (κ1) is 19.7. The number of nitrogens with zero attached hydrogens (tertiary/aromatic N) is 3. The van der Waals surface area contributed by atoms with Crippen molar-refractivity contribution in [1.29, 1.82) is 0 Å². The number of thiazole rings is 1. The number of aromatic nitrogens is 1. The summed E-state index contributed by atoms with van der Waals surface area (Å²) in [5.74, 6) is 0.975. The zero-order chi connectivity index (χ0) is 19.4. The van der Waals surface area contributed by atoms with Crippen molar-refractivity contribution < 1.29 is 14.3 Å². The van der Waals surface area contributed by atoms with Crippen LogP contribution in [0.25, 0.3) is 0 Å². The molecule has 1 N–H and O–H groups in total. The second-order valence-electron chi connectivity index (χ2n) is 6.24. The minimum atomic E-state index is -0.165. The quantitative estimate of drug-likeness (QED) is 0.817. The summed E-state index contributed by atoms with van der Waals surface area (Å²) in [6, 6.07) is 3.13. The van der Waals surface area contributed by atoms with E-state index in [0.717, 1.165) is 30.3 Å². The molecular formula is C18H23ClN4O3S. The Hall–Kier alpha value is -2.03. The molecule has 0 bridgehead atoms. The number of ether oxygens (including phenoxy) is 2. The lowest BCUT2D eigenvalue weighted by Crippen LogP contribution is -2.49. The second-order valence-corrected chi connectivity index (χ2v) is 7.71. The number of rotatable bonds is 5. The van der Waals surface area contributed by atoms with Crippen molar-refractivity contribution in [3.8, 4) is 11.5 Å². The Balaban J connectivity index is 1.58. The van der Waals surface area contributed by atoms with Gasteiger partial charge in [-0.25, -0.2) is 9.78 Å². The van der Waals surface area contributed by atoms with Crippen molar-refractivity contribution in [2.45, 2.75) is 13.5 Å². The fourth-order valence-electron chi connectivity index (χ4n) is 2.97. The normalized spacial score (nSPS) is 14.9. The van der Waals surface area contributed by atoms with Crippen molar-refractivity contribution in [2.24, 2.45) is 0 Å². The molecule has 0 atom stereocenters. The van der Waals surface area contributed by atoms with E-state index in [9.17, 15) is 4.79 Å². The number of halogens is 1. The van der Waals surface area contributed by atoms with Gasteiger partial charge < -0.3 is 19.7 Å². The van der Waals surface area contributed by atoms with Gasteiger partial charge in [0.15, 0.2) is 0 Å². The Kier molecular flexibility index (Phi) is 6.41. The number of piperazine rings is 1. The molecule has 0 saturated carbocycles. The van der Waals surface area contributed by atoms with Gasteiger partial charge in [0.05, 0.1) is 35.6 Å². The topological polar surface area (TPSA) is 66.9 Å². The average Bonchev–Trinajstić information content (AvgIpc) is 3.08. The van der Waals surface area contributed by atoms with E-state index in [-0.39, 0.29) is 6.03 Å². The smallest absolute Gasteiger partial charge is 0.322 e. The standard InChI is InChI=1S/C18H23ClN4O3S/c1-12-20-13(11-27-12)10-22-4-6-23(7-5-22)18(24)21-15-9-16(25-2)14(19)8-17(15)26-3/h8-9,11H,4-7,10H2,1-3H3,(H,21,24). The van der Waals surface area contributed by atoms with E-state index in [4.69, 9.17) is 21.1 Å². The highest BCUT2D eigenvalue weighted by molar-refractivity contribution is 7.09. The van der Waals surface area contributed by atoms with E-state index in [1.807, 2.05) is 6.92 Å². The molecule has 2 aromatic rings. The van der Waals surface area contributed by atoms with E-state index >= 15 is 0 Å². The molecule has 0 unspecified atom stereocenters. The van der Waals surface area contributed by atoms with Crippen LogP contribution in [-0.4, -0.2) is 61.2 Å². The Bertz CT molecular complexity index is 806. The molecule has 1 aliphatic rings. The number of anilines is 1. The molecule has 0 spiro atoms. The van der Waals surface area contributed by atoms with Gasteiger partial charge in [0.1, 0.15) is 11.5 Å². The molecule has 1 aliphatic heterocycles. The second kappa shape index (κ2) is 8.77. The number of benzene rings is 1. The first-order chi connectivity index (χ1) is 13.0. The predicted octanol–water partition coefficient (Wildman–Crippen LogP) is 3.47. The monoisotopic (exact) mass is 410 g/mol. The number of urea groups is 1. The molecule has 3 rings (SSSR count).